The molecule has 3 aromatic rings. The Morgan fingerprint density at radius 3 is 2.35 bits per heavy atom. The molecule has 0 saturated heterocycles. The second-order valence-corrected chi connectivity index (χ2v) is 7.96. The maximum atomic E-state index is 13.0. The highest BCUT2D eigenvalue weighted by Crippen LogP contribution is 2.27. The van der Waals surface area contributed by atoms with Crippen molar-refractivity contribution in [2.45, 2.75) is 17.6 Å². The fourth-order valence-corrected chi connectivity index (χ4v) is 4.23. The molecule has 0 aliphatic rings. The Morgan fingerprint density at radius 2 is 1.69 bits per heavy atom. The molecular weight excluding hydrogens is 389 g/mol. The van der Waals surface area contributed by atoms with Gasteiger partial charge in [0.05, 0.1) is 22.1 Å². The fraction of sp³-hybridized carbons (Fsp3) is 0.100. The Morgan fingerprint density at radius 1 is 1.04 bits per heavy atom. The summed E-state index contributed by atoms with van der Waals surface area (Å²) in [5.74, 6) is -0.141. The molecule has 2 aromatic carbocycles. The van der Waals surface area contributed by atoms with Gasteiger partial charge in [-0.05, 0) is 30.7 Å². The number of rotatable bonds is 5. The molecule has 1 heterocycles. The van der Waals surface area contributed by atoms with Crippen LogP contribution in [-0.2, 0) is 16.6 Å². The van der Waals surface area contributed by atoms with Gasteiger partial charge < -0.3 is 0 Å². The molecule has 1 aromatic heterocycles. The molecule has 1 unspecified atom stereocenters. The van der Waals surface area contributed by atoms with Crippen LogP contribution in [0, 0.1) is 6.92 Å². The normalized spacial score (nSPS) is 12.0. The highest BCUT2D eigenvalue weighted by Gasteiger charge is 2.21. The van der Waals surface area contributed by atoms with Crippen LogP contribution in [0.3, 0.4) is 0 Å². The topological polar surface area (TPSA) is 47.0 Å². The van der Waals surface area contributed by atoms with E-state index in [-0.39, 0.29) is 27.4 Å². The van der Waals surface area contributed by atoms with Gasteiger partial charge in [0.15, 0.2) is 5.78 Å². The molecule has 132 valence electrons. The van der Waals surface area contributed by atoms with E-state index in [0.29, 0.717) is 16.0 Å². The zero-order chi connectivity index (χ0) is 18.7. The minimum atomic E-state index is -1.34. The lowest BCUT2D eigenvalue weighted by molar-refractivity contribution is 0.103. The molecule has 26 heavy (non-hydrogen) atoms. The predicted octanol–water partition coefficient (Wildman–Crippen LogP) is 5.24. The lowest BCUT2D eigenvalue weighted by Gasteiger charge is -2.11. The summed E-state index contributed by atoms with van der Waals surface area (Å²) in [4.78, 5) is 17.6. The van der Waals surface area contributed by atoms with Gasteiger partial charge in [0.2, 0.25) is 0 Å². The Kier molecular flexibility index (Phi) is 5.87. The average molecular weight is 404 g/mol. The van der Waals surface area contributed by atoms with Gasteiger partial charge in [-0.3, -0.25) is 9.00 Å². The summed E-state index contributed by atoms with van der Waals surface area (Å²) in [7, 11) is -1.34. The number of aromatic nitrogens is 1. The van der Waals surface area contributed by atoms with Crippen molar-refractivity contribution in [2.24, 2.45) is 0 Å². The number of nitrogens with zero attached hydrogens (tertiary/aromatic N) is 1. The van der Waals surface area contributed by atoms with Crippen molar-refractivity contribution in [1.82, 2.24) is 4.98 Å². The number of pyridine rings is 1. The number of aryl methyl sites for hydroxylation is 1. The minimum Gasteiger partial charge on any atom is -0.288 e. The van der Waals surface area contributed by atoms with Crippen LogP contribution in [-0.4, -0.2) is 15.0 Å². The number of benzene rings is 2. The van der Waals surface area contributed by atoms with Crippen LogP contribution < -0.4 is 0 Å². The Labute approximate surface area is 164 Å². The first-order valence-electron chi connectivity index (χ1n) is 7.85. The van der Waals surface area contributed by atoms with E-state index in [2.05, 4.69) is 4.98 Å². The summed E-state index contributed by atoms with van der Waals surface area (Å²) < 4.78 is 12.7. The summed E-state index contributed by atoms with van der Waals surface area (Å²) >= 11 is 12.2. The van der Waals surface area contributed by atoms with Gasteiger partial charge in [0.25, 0.3) is 0 Å². The molecular formula is C20H15Cl2NO2S. The smallest absolute Gasteiger partial charge is 0.196 e. The van der Waals surface area contributed by atoms with E-state index in [4.69, 9.17) is 23.2 Å². The molecule has 0 radical (unpaired) electrons. The largest absolute Gasteiger partial charge is 0.288 e. The summed E-state index contributed by atoms with van der Waals surface area (Å²) in [5.41, 5.74) is 2.30. The maximum absolute atomic E-state index is 13.0. The fourth-order valence-electron chi connectivity index (χ4n) is 2.53. The number of halogens is 2. The lowest BCUT2D eigenvalue weighted by atomic mass is 10.0. The predicted molar refractivity (Wildman–Crippen MR) is 105 cm³/mol. The minimum absolute atomic E-state index is 0.0168. The Balaban J connectivity index is 2.01. The maximum Gasteiger partial charge on any atom is 0.196 e. The van der Waals surface area contributed by atoms with Crippen molar-refractivity contribution in [1.29, 1.82) is 0 Å². The number of hydrogen-bond acceptors (Lipinski definition) is 3. The number of ketones is 1. The first kappa shape index (κ1) is 18.8. The molecule has 6 heteroatoms. The monoisotopic (exact) mass is 403 g/mol. The van der Waals surface area contributed by atoms with E-state index in [1.165, 1.54) is 0 Å². The van der Waals surface area contributed by atoms with Crippen molar-refractivity contribution >= 4 is 39.8 Å². The van der Waals surface area contributed by atoms with Crippen LogP contribution in [0.2, 0.25) is 10.3 Å². The van der Waals surface area contributed by atoms with Crippen LogP contribution in [0.15, 0.2) is 65.6 Å². The van der Waals surface area contributed by atoms with Crippen LogP contribution in [0.5, 0.6) is 0 Å². The second-order valence-electron chi connectivity index (χ2n) is 5.77. The zero-order valence-electron chi connectivity index (χ0n) is 13.9. The Bertz CT molecular complexity index is 973. The van der Waals surface area contributed by atoms with Gasteiger partial charge in [0, 0.05) is 10.5 Å². The molecule has 0 spiro atoms. The van der Waals surface area contributed by atoms with E-state index < -0.39 is 10.8 Å². The molecule has 1 atom stereocenters. The van der Waals surface area contributed by atoms with Crippen LogP contribution in [0.4, 0.5) is 0 Å². The van der Waals surface area contributed by atoms with Crippen molar-refractivity contribution in [2.75, 3.05) is 0 Å². The molecule has 3 nitrogen and oxygen atoms in total. The second kappa shape index (κ2) is 8.12. The number of carbonyl (C=O) groups excluding carboxylic acids is 1. The third-order valence-electron chi connectivity index (χ3n) is 3.86. The van der Waals surface area contributed by atoms with Crippen LogP contribution >= 0.6 is 23.2 Å². The highest BCUT2D eigenvalue weighted by atomic mass is 35.5. The first-order valence-corrected chi connectivity index (χ1v) is 9.93. The van der Waals surface area contributed by atoms with Crippen LogP contribution in [0.1, 0.15) is 27.0 Å². The van der Waals surface area contributed by atoms with Crippen molar-refractivity contribution in [3.63, 3.8) is 0 Å². The molecule has 0 saturated carbocycles. The quantitative estimate of drug-likeness (QED) is 0.432. The molecule has 0 amide bonds. The average Bonchev–Trinajstić information content (AvgIpc) is 2.62. The molecule has 0 bridgehead atoms. The molecule has 0 N–H and O–H groups in total. The van der Waals surface area contributed by atoms with Crippen molar-refractivity contribution in [3.8, 4) is 0 Å². The molecule has 0 aliphatic heterocycles. The highest BCUT2D eigenvalue weighted by molar-refractivity contribution is 7.84. The number of carbonyl (C=O) groups is 1. The Hall–Kier alpha value is -2.01. The lowest BCUT2D eigenvalue weighted by Crippen LogP contribution is -2.10. The van der Waals surface area contributed by atoms with Crippen molar-refractivity contribution in [3.05, 3.63) is 93.2 Å². The van der Waals surface area contributed by atoms with Gasteiger partial charge in [-0.1, -0.05) is 71.2 Å². The van der Waals surface area contributed by atoms with E-state index in [1.807, 2.05) is 37.3 Å². The SMILES string of the molecule is Cc1ccc(C(=O)c2c(CS(=O)c3ccccc3)cc(Cl)nc2Cl)cc1. The van der Waals surface area contributed by atoms with Gasteiger partial charge in [-0.2, -0.15) is 0 Å². The summed E-state index contributed by atoms with van der Waals surface area (Å²) in [6, 6.07) is 17.8. The zero-order valence-corrected chi connectivity index (χ0v) is 16.2. The van der Waals surface area contributed by atoms with Gasteiger partial charge in [-0.25, -0.2) is 4.98 Å². The third kappa shape index (κ3) is 4.21. The summed E-state index contributed by atoms with van der Waals surface area (Å²) in [5, 5.41) is 0.179. The van der Waals surface area contributed by atoms with E-state index in [9.17, 15) is 9.00 Å². The number of hydrogen-bond donors (Lipinski definition) is 0. The van der Waals surface area contributed by atoms with E-state index in [0.717, 1.165) is 5.56 Å². The molecule has 0 fully saturated rings. The first-order chi connectivity index (χ1) is 12.5. The van der Waals surface area contributed by atoms with E-state index in [1.54, 1.807) is 30.3 Å². The van der Waals surface area contributed by atoms with Gasteiger partial charge in [0.1, 0.15) is 10.3 Å². The standard InChI is InChI=1S/C20H15Cl2NO2S/c1-13-7-9-14(10-8-13)19(24)18-15(11-17(21)23-20(18)22)12-26(25)16-5-3-2-4-6-16/h2-11H,12H2,1H3. The van der Waals surface area contributed by atoms with E-state index >= 15 is 0 Å². The van der Waals surface area contributed by atoms with Gasteiger partial charge in [-0.15, -0.1) is 0 Å². The third-order valence-corrected chi connectivity index (χ3v) is 5.70. The van der Waals surface area contributed by atoms with Crippen LogP contribution in [0.25, 0.3) is 0 Å². The summed E-state index contributed by atoms with van der Waals surface area (Å²) in [6.07, 6.45) is 0. The molecule has 3 rings (SSSR count). The van der Waals surface area contributed by atoms with Gasteiger partial charge >= 0.3 is 0 Å². The molecule has 0 aliphatic carbocycles. The van der Waals surface area contributed by atoms with Crippen molar-refractivity contribution < 1.29 is 9.00 Å². The summed E-state index contributed by atoms with van der Waals surface area (Å²) in [6.45, 7) is 1.94.